The molecule has 2 aromatic heterocycles. The number of nitrogens with one attached hydrogen (secondary N) is 1. The summed E-state index contributed by atoms with van der Waals surface area (Å²) in [6.07, 6.45) is 2.98. The zero-order valence-electron chi connectivity index (χ0n) is 12.0. The molecule has 0 aliphatic heterocycles. The number of amides is 1. The maximum absolute atomic E-state index is 12.3. The highest BCUT2D eigenvalue weighted by atomic mass is 32.1. The van der Waals surface area contributed by atoms with Crippen molar-refractivity contribution in [2.24, 2.45) is 0 Å². The first-order valence-electron chi connectivity index (χ1n) is 7.27. The number of carbonyl (C=O) groups excluding carboxylic acids is 1. The highest BCUT2D eigenvalue weighted by Crippen LogP contribution is 2.40. The standard InChI is InChI=1S/C15H14N4O2S/c1-2-10-13(22-19-18-10)14(20)16-9-5-6-12-11(7-9)17-15(21-12)8-3-4-8/h5-8H,2-4H2,1H3,(H,16,20). The minimum absolute atomic E-state index is 0.183. The Morgan fingerprint density at radius 3 is 3.09 bits per heavy atom. The van der Waals surface area contributed by atoms with Gasteiger partial charge in [-0.25, -0.2) is 4.98 Å². The van der Waals surface area contributed by atoms with Crippen molar-refractivity contribution in [1.29, 1.82) is 0 Å². The lowest BCUT2D eigenvalue weighted by molar-refractivity contribution is 0.102. The van der Waals surface area contributed by atoms with Crippen LogP contribution in [0.1, 0.15) is 46.9 Å². The fourth-order valence-electron chi connectivity index (χ4n) is 2.33. The van der Waals surface area contributed by atoms with Crippen LogP contribution in [0.4, 0.5) is 5.69 Å². The lowest BCUT2D eigenvalue weighted by Gasteiger charge is -2.03. The number of oxazole rings is 1. The largest absolute Gasteiger partial charge is 0.440 e. The van der Waals surface area contributed by atoms with Gasteiger partial charge in [-0.05, 0) is 49.0 Å². The van der Waals surface area contributed by atoms with Crippen molar-refractivity contribution in [1.82, 2.24) is 14.6 Å². The Hall–Kier alpha value is -2.28. The summed E-state index contributed by atoms with van der Waals surface area (Å²) in [6, 6.07) is 5.50. The molecule has 1 aliphatic rings. The van der Waals surface area contributed by atoms with Gasteiger partial charge < -0.3 is 9.73 Å². The predicted octanol–water partition coefficient (Wildman–Crippen LogP) is 3.37. The molecule has 0 bridgehead atoms. The Kier molecular flexibility index (Phi) is 3.15. The second kappa shape index (κ2) is 5.17. The summed E-state index contributed by atoms with van der Waals surface area (Å²) in [7, 11) is 0. The van der Waals surface area contributed by atoms with Gasteiger partial charge in [-0.3, -0.25) is 4.79 Å². The summed E-state index contributed by atoms with van der Waals surface area (Å²) in [5, 5.41) is 6.83. The zero-order chi connectivity index (χ0) is 15.1. The van der Waals surface area contributed by atoms with Crippen LogP contribution in [0.25, 0.3) is 11.1 Å². The normalized spacial score (nSPS) is 14.4. The van der Waals surface area contributed by atoms with Crippen molar-refractivity contribution >= 4 is 34.2 Å². The molecule has 1 aromatic carbocycles. The zero-order valence-corrected chi connectivity index (χ0v) is 12.8. The van der Waals surface area contributed by atoms with Crippen LogP contribution in [0.5, 0.6) is 0 Å². The molecule has 7 heteroatoms. The molecular weight excluding hydrogens is 300 g/mol. The topological polar surface area (TPSA) is 80.9 Å². The van der Waals surface area contributed by atoms with Crippen molar-refractivity contribution in [3.63, 3.8) is 0 Å². The first-order valence-corrected chi connectivity index (χ1v) is 8.05. The number of aryl methyl sites for hydroxylation is 1. The van der Waals surface area contributed by atoms with E-state index in [-0.39, 0.29) is 5.91 Å². The number of hydrogen-bond acceptors (Lipinski definition) is 6. The van der Waals surface area contributed by atoms with E-state index in [9.17, 15) is 4.79 Å². The van der Waals surface area contributed by atoms with Crippen LogP contribution in [-0.4, -0.2) is 20.5 Å². The van der Waals surface area contributed by atoms with Crippen molar-refractivity contribution in [2.45, 2.75) is 32.1 Å². The van der Waals surface area contributed by atoms with Crippen LogP contribution in [0.15, 0.2) is 22.6 Å². The molecule has 1 N–H and O–H groups in total. The van der Waals surface area contributed by atoms with Gasteiger partial charge in [-0.15, -0.1) is 5.10 Å². The lowest BCUT2D eigenvalue weighted by Crippen LogP contribution is -2.12. The van der Waals surface area contributed by atoms with Gasteiger partial charge in [-0.1, -0.05) is 11.4 Å². The minimum Gasteiger partial charge on any atom is -0.440 e. The van der Waals surface area contributed by atoms with E-state index >= 15 is 0 Å². The molecular formula is C15H14N4O2S. The van der Waals surface area contributed by atoms with Gasteiger partial charge in [0.05, 0.1) is 5.69 Å². The van der Waals surface area contributed by atoms with E-state index in [4.69, 9.17) is 4.42 Å². The van der Waals surface area contributed by atoms with E-state index < -0.39 is 0 Å². The molecule has 0 radical (unpaired) electrons. The summed E-state index contributed by atoms with van der Waals surface area (Å²) >= 11 is 1.11. The second-order valence-electron chi connectivity index (χ2n) is 5.37. The van der Waals surface area contributed by atoms with Gasteiger partial charge in [-0.2, -0.15) is 0 Å². The lowest BCUT2D eigenvalue weighted by atomic mass is 10.2. The molecule has 1 aliphatic carbocycles. The van der Waals surface area contributed by atoms with E-state index in [2.05, 4.69) is 19.9 Å². The third-order valence-corrected chi connectivity index (χ3v) is 4.45. The number of hydrogen-bond donors (Lipinski definition) is 1. The molecule has 1 amide bonds. The first kappa shape index (κ1) is 13.4. The van der Waals surface area contributed by atoms with E-state index in [0.29, 0.717) is 22.9 Å². The number of aromatic nitrogens is 3. The van der Waals surface area contributed by atoms with Gasteiger partial charge in [0.1, 0.15) is 10.4 Å². The Bertz CT molecular complexity index is 850. The number of nitrogens with zero attached hydrogens (tertiary/aromatic N) is 3. The van der Waals surface area contributed by atoms with Gasteiger partial charge in [0, 0.05) is 11.6 Å². The summed E-state index contributed by atoms with van der Waals surface area (Å²) in [5.74, 6) is 1.09. The van der Waals surface area contributed by atoms with Crippen molar-refractivity contribution in [3.05, 3.63) is 34.7 Å². The molecule has 0 saturated heterocycles. The fraction of sp³-hybridized carbons (Fsp3) is 0.333. The number of carbonyl (C=O) groups is 1. The van der Waals surface area contributed by atoms with Gasteiger partial charge in [0.2, 0.25) is 0 Å². The highest BCUT2D eigenvalue weighted by Gasteiger charge is 2.28. The first-order chi connectivity index (χ1) is 10.7. The van der Waals surface area contributed by atoms with Crippen LogP contribution >= 0.6 is 11.5 Å². The third-order valence-electron chi connectivity index (χ3n) is 3.69. The SMILES string of the molecule is CCc1nnsc1C(=O)Nc1ccc2oc(C3CC3)nc2c1. The maximum atomic E-state index is 12.3. The van der Waals surface area contributed by atoms with E-state index in [0.717, 1.165) is 47.1 Å². The maximum Gasteiger partial charge on any atom is 0.269 e. The third kappa shape index (κ3) is 2.37. The van der Waals surface area contributed by atoms with E-state index in [1.54, 1.807) is 0 Å². The summed E-state index contributed by atoms with van der Waals surface area (Å²) < 4.78 is 9.56. The molecule has 6 nitrogen and oxygen atoms in total. The van der Waals surface area contributed by atoms with Crippen LogP contribution < -0.4 is 5.32 Å². The van der Waals surface area contributed by atoms with Gasteiger partial charge in [0.25, 0.3) is 5.91 Å². The van der Waals surface area contributed by atoms with Crippen LogP contribution in [-0.2, 0) is 6.42 Å². The molecule has 22 heavy (non-hydrogen) atoms. The average molecular weight is 314 g/mol. The molecule has 4 rings (SSSR count). The molecule has 2 heterocycles. The number of anilines is 1. The van der Waals surface area contributed by atoms with Gasteiger partial charge >= 0.3 is 0 Å². The fourth-order valence-corrected chi connectivity index (χ4v) is 2.97. The Balaban J connectivity index is 1.59. The summed E-state index contributed by atoms with van der Waals surface area (Å²) in [4.78, 5) is 17.3. The highest BCUT2D eigenvalue weighted by molar-refractivity contribution is 7.08. The molecule has 0 spiro atoms. The molecule has 3 aromatic rings. The number of benzene rings is 1. The Morgan fingerprint density at radius 1 is 1.45 bits per heavy atom. The van der Waals surface area contributed by atoms with Crippen LogP contribution in [0.3, 0.4) is 0 Å². The van der Waals surface area contributed by atoms with E-state index in [1.807, 2.05) is 25.1 Å². The number of fused-ring (bicyclic) bond motifs is 1. The Morgan fingerprint density at radius 2 is 2.32 bits per heavy atom. The molecule has 1 saturated carbocycles. The quantitative estimate of drug-likeness (QED) is 0.798. The average Bonchev–Trinajstić information content (AvgIpc) is 3.11. The second-order valence-corrected chi connectivity index (χ2v) is 6.12. The van der Waals surface area contributed by atoms with E-state index in [1.165, 1.54) is 0 Å². The van der Waals surface area contributed by atoms with Crippen molar-refractivity contribution in [3.8, 4) is 0 Å². The Labute approximate surface area is 130 Å². The molecule has 112 valence electrons. The summed E-state index contributed by atoms with van der Waals surface area (Å²) in [5.41, 5.74) is 2.95. The van der Waals surface area contributed by atoms with Crippen LogP contribution in [0.2, 0.25) is 0 Å². The molecule has 1 fully saturated rings. The number of rotatable bonds is 4. The van der Waals surface area contributed by atoms with Gasteiger partial charge in [0.15, 0.2) is 11.5 Å². The van der Waals surface area contributed by atoms with Crippen LogP contribution in [0, 0.1) is 0 Å². The minimum atomic E-state index is -0.183. The van der Waals surface area contributed by atoms with Crippen molar-refractivity contribution in [2.75, 3.05) is 5.32 Å². The molecule has 0 unspecified atom stereocenters. The summed E-state index contributed by atoms with van der Waals surface area (Å²) in [6.45, 7) is 1.95. The monoisotopic (exact) mass is 314 g/mol. The smallest absolute Gasteiger partial charge is 0.269 e. The molecule has 0 atom stereocenters. The van der Waals surface area contributed by atoms with Crippen molar-refractivity contribution < 1.29 is 9.21 Å². The predicted molar refractivity (Wildman–Crippen MR) is 83.2 cm³/mol.